The summed E-state index contributed by atoms with van der Waals surface area (Å²) >= 11 is 0. The minimum atomic E-state index is -3.77. The van der Waals surface area contributed by atoms with Crippen LogP contribution in [0.15, 0.2) is 83.8 Å². The molecule has 3 rings (SSSR count). The number of nitrogens with one attached hydrogen (secondary N) is 1. The van der Waals surface area contributed by atoms with Gasteiger partial charge >= 0.3 is 0 Å². The number of benzene rings is 3. The first-order valence-electron chi connectivity index (χ1n) is 7.99. The van der Waals surface area contributed by atoms with E-state index in [-0.39, 0.29) is 17.2 Å². The van der Waals surface area contributed by atoms with E-state index in [1.165, 1.54) is 12.1 Å². The number of hydrogen-bond acceptors (Lipinski definition) is 3. The van der Waals surface area contributed by atoms with E-state index >= 15 is 0 Å². The summed E-state index contributed by atoms with van der Waals surface area (Å²) < 4.78 is 23.0. The number of carbonyl (C=O) groups excluding carboxylic acids is 1. The van der Waals surface area contributed by atoms with Crippen molar-refractivity contribution in [3.63, 3.8) is 0 Å². The molecule has 0 aromatic heterocycles. The average molecular weight is 366 g/mol. The fraction of sp³-hybridized carbons (Fsp3) is 0.0500. The van der Waals surface area contributed by atoms with Crippen LogP contribution in [-0.2, 0) is 21.2 Å². The second kappa shape index (κ2) is 7.51. The van der Waals surface area contributed by atoms with Gasteiger partial charge in [0.25, 0.3) is 0 Å². The van der Waals surface area contributed by atoms with Gasteiger partial charge in [-0.2, -0.15) is 0 Å². The Morgan fingerprint density at radius 1 is 0.846 bits per heavy atom. The first-order valence-corrected chi connectivity index (χ1v) is 9.53. The lowest BCUT2D eigenvalue weighted by atomic mass is 10.1. The van der Waals surface area contributed by atoms with Crippen LogP contribution >= 0.6 is 0 Å². The third-order valence-electron chi connectivity index (χ3n) is 3.85. The van der Waals surface area contributed by atoms with Crippen LogP contribution in [0.25, 0.3) is 11.1 Å². The van der Waals surface area contributed by atoms with Crippen LogP contribution in [0.3, 0.4) is 0 Å². The van der Waals surface area contributed by atoms with Gasteiger partial charge in [0.15, 0.2) is 0 Å². The molecule has 26 heavy (non-hydrogen) atoms. The van der Waals surface area contributed by atoms with E-state index in [0.29, 0.717) is 11.3 Å². The zero-order chi connectivity index (χ0) is 18.6. The predicted molar refractivity (Wildman–Crippen MR) is 102 cm³/mol. The standard InChI is InChI=1S/C20H18N2O3S/c21-26(24,25)19-11-5-9-17(14-19)16-8-4-10-18(13-16)22-20(23)12-15-6-2-1-3-7-15/h1-11,13-14H,12H2,(H,22,23)(H2,21,24,25). The third-order valence-corrected chi connectivity index (χ3v) is 4.76. The molecule has 3 aromatic carbocycles. The second-order valence-corrected chi connectivity index (χ2v) is 7.43. The Bertz CT molecular complexity index is 1030. The van der Waals surface area contributed by atoms with Crippen LogP contribution in [0.2, 0.25) is 0 Å². The normalized spacial score (nSPS) is 11.1. The molecule has 132 valence electrons. The van der Waals surface area contributed by atoms with Gasteiger partial charge in [-0.3, -0.25) is 4.79 Å². The Kier molecular flexibility index (Phi) is 5.16. The Morgan fingerprint density at radius 2 is 1.50 bits per heavy atom. The van der Waals surface area contributed by atoms with Crippen molar-refractivity contribution in [1.82, 2.24) is 0 Å². The summed E-state index contributed by atoms with van der Waals surface area (Å²) in [6.45, 7) is 0. The molecule has 3 N–H and O–H groups in total. The molecule has 1 amide bonds. The van der Waals surface area contributed by atoms with Crippen molar-refractivity contribution in [1.29, 1.82) is 0 Å². The highest BCUT2D eigenvalue weighted by Gasteiger charge is 2.10. The summed E-state index contributed by atoms with van der Waals surface area (Å²) in [5.74, 6) is -0.119. The molecule has 0 aliphatic heterocycles. The third kappa shape index (κ3) is 4.56. The topological polar surface area (TPSA) is 89.3 Å². The number of anilines is 1. The highest BCUT2D eigenvalue weighted by molar-refractivity contribution is 7.89. The Labute approximate surface area is 152 Å². The van der Waals surface area contributed by atoms with Crippen molar-refractivity contribution in [3.05, 3.63) is 84.4 Å². The molecule has 0 unspecified atom stereocenters. The first kappa shape index (κ1) is 17.8. The molecule has 6 heteroatoms. The average Bonchev–Trinajstić information content (AvgIpc) is 2.62. The summed E-state index contributed by atoms with van der Waals surface area (Å²) in [6.07, 6.45) is 0.284. The molecule has 0 atom stereocenters. The zero-order valence-corrected chi connectivity index (χ0v) is 14.7. The molecule has 0 heterocycles. The maximum absolute atomic E-state index is 12.2. The van der Waals surface area contributed by atoms with Gasteiger partial charge < -0.3 is 5.32 Å². The number of rotatable bonds is 5. The Morgan fingerprint density at radius 3 is 2.19 bits per heavy atom. The van der Waals surface area contributed by atoms with Crippen LogP contribution in [0.4, 0.5) is 5.69 Å². The van der Waals surface area contributed by atoms with Gasteiger partial charge in [0.1, 0.15) is 0 Å². The highest BCUT2D eigenvalue weighted by atomic mass is 32.2. The minimum absolute atomic E-state index is 0.0496. The molecule has 0 bridgehead atoms. The maximum Gasteiger partial charge on any atom is 0.238 e. The van der Waals surface area contributed by atoms with Gasteiger partial charge in [-0.25, -0.2) is 13.6 Å². The number of primary sulfonamides is 1. The molecular formula is C20H18N2O3S. The summed E-state index contributed by atoms with van der Waals surface area (Å²) in [7, 11) is -3.77. The molecule has 0 saturated carbocycles. The number of amides is 1. The number of sulfonamides is 1. The van der Waals surface area contributed by atoms with Crippen LogP contribution in [0, 0.1) is 0 Å². The van der Waals surface area contributed by atoms with Crippen LogP contribution in [0.1, 0.15) is 5.56 Å². The zero-order valence-electron chi connectivity index (χ0n) is 13.9. The van der Waals surface area contributed by atoms with Crippen molar-refractivity contribution < 1.29 is 13.2 Å². The van der Waals surface area contributed by atoms with Crippen LogP contribution in [0.5, 0.6) is 0 Å². The van der Waals surface area contributed by atoms with Gasteiger partial charge in [0.2, 0.25) is 15.9 Å². The highest BCUT2D eigenvalue weighted by Crippen LogP contribution is 2.24. The molecule has 0 fully saturated rings. The van der Waals surface area contributed by atoms with Gasteiger partial charge in [-0.05, 0) is 41.0 Å². The number of hydrogen-bond donors (Lipinski definition) is 2. The van der Waals surface area contributed by atoms with Crippen LogP contribution < -0.4 is 10.5 Å². The summed E-state index contributed by atoms with van der Waals surface area (Å²) in [5, 5.41) is 8.05. The molecule has 3 aromatic rings. The molecule has 0 saturated heterocycles. The fourth-order valence-electron chi connectivity index (χ4n) is 2.62. The molecule has 0 spiro atoms. The monoisotopic (exact) mass is 366 g/mol. The molecule has 5 nitrogen and oxygen atoms in total. The van der Waals surface area contributed by atoms with Crippen molar-refractivity contribution in [2.75, 3.05) is 5.32 Å². The maximum atomic E-state index is 12.2. The lowest BCUT2D eigenvalue weighted by Gasteiger charge is -2.09. The molecular weight excluding hydrogens is 348 g/mol. The summed E-state index contributed by atoms with van der Waals surface area (Å²) in [6, 6.07) is 23.1. The Hall–Kier alpha value is -2.96. The van der Waals surface area contributed by atoms with Gasteiger partial charge in [-0.1, -0.05) is 54.6 Å². The summed E-state index contributed by atoms with van der Waals surface area (Å²) in [5.41, 5.74) is 3.06. The lowest BCUT2D eigenvalue weighted by molar-refractivity contribution is -0.115. The van der Waals surface area contributed by atoms with Gasteiger partial charge in [0, 0.05) is 5.69 Å². The van der Waals surface area contributed by atoms with E-state index in [9.17, 15) is 13.2 Å². The fourth-order valence-corrected chi connectivity index (χ4v) is 3.18. The van der Waals surface area contributed by atoms with Crippen molar-refractivity contribution >= 4 is 21.6 Å². The van der Waals surface area contributed by atoms with Crippen molar-refractivity contribution in [2.45, 2.75) is 11.3 Å². The van der Waals surface area contributed by atoms with Crippen LogP contribution in [-0.4, -0.2) is 14.3 Å². The van der Waals surface area contributed by atoms with Crippen molar-refractivity contribution in [3.8, 4) is 11.1 Å². The SMILES string of the molecule is NS(=O)(=O)c1cccc(-c2cccc(NC(=O)Cc3ccccc3)c2)c1. The molecule has 0 aliphatic rings. The van der Waals surface area contributed by atoms with E-state index in [2.05, 4.69) is 5.32 Å². The van der Waals surface area contributed by atoms with E-state index in [1.54, 1.807) is 30.3 Å². The smallest absolute Gasteiger partial charge is 0.238 e. The minimum Gasteiger partial charge on any atom is -0.326 e. The molecule has 0 aliphatic carbocycles. The van der Waals surface area contributed by atoms with Gasteiger partial charge in [0.05, 0.1) is 11.3 Å². The lowest BCUT2D eigenvalue weighted by Crippen LogP contribution is -2.14. The van der Waals surface area contributed by atoms with E-state index < -0.39 is 10.0 Å². The Balaban J connectivity index is 1.79. The van der Waals surface area contributed by atoms with Crippen molar-refractivity contribution in [2.24, 2.45) is 5.14 Å². The largest absolute Gasteiger partial charge is 0.326 e. The van der Waals surface area contributed by atoms with E-state index in [1.807, 2.05) is 36.4 Å². The van der Waals surface area contributed by atoms with E-state index in [4.69, 9.17) is 5.14 Å². The predicted octanol–water partition coefficient (Wildman–Crippen LogP) is 3.18. The first-order chi connectivity index (χ1) is 12.4. The number of carbonyl (C=O) groups is 1. The summed E-state index contributed by atoms with van der Waals surface area (Å²) in [4.78, 5) is 12.3. The van der Waals surface area contributed by atoms with E-state index in [0.717, 1.165) is 11.1 Å². The molecule has 0 radical (unpaired) electrons. The van der Waals surface area contributed by atoms with Gasteiger partial charge in [-0.15, -0.1) is 0 Å². The second-order valence-electron chi connectivity index (χ2n) is 5.86. The quantitative estimate of drug-likeness (QED) is 0.727. The number of nitrogens with two attached hydrogens (primary N) is 1.